The number of cyclic esters (lactones) is 1. The van der Waals surface area contributed by atoms with Crippen molar-refractivity contribution in [2.24, 2.45) is 17.3 Å². The summed E-state index contributed by atoms with van der Waals surface area (Å²) in [5.74, 6) is -3.32. The molecular formula is C33H36FN3O5S. The SMILES string of the molecule is CCC[C@@H]1OC(=O)C([C@@H](c2cccc(NS(=O)(=O)c3ccc(C#N)cn3)c2)C(C)(C)C)C(=O)C1CCc1ccc(F)cc1. The van der Waals surface area contributed by atoms with E-state index < -0.39 is 45.3 Å². The first kappa shape index (κ1) is 31.8. The lowest BCUT2D eigenvalue weighted by Crippen LogP contribution is -2.50. The Morgan fingerprint density at radius 2 is 1.79 bits per heavy atom. The van der Waals surface area contributed by atoms with E-state index in [1.165, 1.54) is 30.5 Å². The average Bonchev–Trinajstić information content (AvgIpc) is 2.95. The number of aromatic nitrogens is 1. The molecule has 1 aromatic heterocycles. The predicted octanol–water partition coefficient (Wildman–Crippen LogP) is 6.18. The molecule has 2 unspecified atom stereocenters. The molecule has 226 valence electrons. The summed E-state index contributed by atoms with van der Waals surface area (Å²) in [7, 11) is -4.07. The van der Waals surface area contributed by atoms with Crippen LogP contribution >= 0.6 is 0 Å². The molecule has 0 amide bonds. The lowest BCUT2D eigenvalue weighted by atomic mass is 9.65. The first-order valence-corrected chi connectivity index (χ1v) is 15.8. The molecule has 0 bridgehead atoms. The van der Waals surface area contributed by atoms with Crippen molar-refractivity contribution < 1.29 is 27.1 Å². The lowest BCUT2D eigenvalue weighted by molar-refractivity contribution is -0.174. The molecule has 43 heavy (non-hydrogen) atoms. The van der Waals surface area contributed by atoms with Crippen LogP contribution in [0, 0.1) is 34.4 Å². The third kappa shape index (κ3) is 7.46. The predicted molar refractivity (Wildman–Crippen MR) is 160 cm³/mol. The number of ether oxygens (including phenoxy) is 1. The van der Waals surface area contributed by atoms with Crippen LogP contribution in [0.5, 0.6) is 0 Å². The summed E-state index contributed by atoms with van der Waals surface area (Å²) in [6.45, 7) is 7.77. The van der Waals surface area contributed by atoms with Gasteiger partial charge < -0.3 is 4.74 Å². The third-order valence-corrected chi connectivity index (χ3v) is 9.07. The quantitative estimate of drug-likeness (QED) is 0.216. The second-order valence-electron chi connectivity index (χ2n) is 12.0. The largest absolute Gasteiger partial charge is 0.461 e. The number of carbonyl (C=O) groups is 2. The van der Waals surface area contributed by atoms with Gasteiger partial charge in [0, 0.05) is 17.8 Å². The van der Waals surface area contributed by atoms with E-state index >= 15 is 0 Å². The number of anilines is 1. The molecule has 1 aliphatic heterocycles. The highest BCUT2D eigenvalue weighted by atomic mass is 32.2. The van der Waals surface area contributed by atoms with Crippen LogP contribution in [-0.2, 0) is 30.8 Å². The minimum atomic E-state index is -4.07. The Bertz CT molecular complexity index is 1610. The highest BCUT2D eigenvalue weighted by molar-refractivity contribution is 7.92. The maximum Gasteiger partial charge on any atom is 0.317 e. The molecule has 0 saturated carbocycles. The van der Waals surface area contributed by atoms with Crippen molar-refractivity contribution in [3.8, 4) is 6.07 Å². The smallest absolute Gasteiger partial charge is 0.317 e. The number of nitrogens with one attached hydrogen (secondary N) is 1. The molecule has 1 N–H and O–H groups in total. The zero-order chi connectivity index (χ0) is 31.4. The molecule has 0 aliphatic carbocycles. The number of halogens is 1. The Kier molecular flexibility index (Phi) is 9.65. The summed E-state index contributed by atoms with van der Waals surface area (Å²) in [5, 5.41) is 8.74. The summed E-state index contributed by atoms with van der Waals surface area (Å²) < 4.78 is 48.0. The minimum absolute atomic E-state index is 0.190. The van der Waals surface area contributed by atoms with Crippen molar-refractivity contribution >= 4 is 27.5 Å². The van der Waals surface area contributed by atoms with Gasteiger partial charge in [-0.15, -0.1) is 0 Å². The molecule has 4 rings (SSSR count). The van der Waals surface area contributed by atoms with Gasteiger partial charge in [0.1, 0.15) is 23.9 Å². The van der Waals surface area contributed by atoms with Crippen LogP contribution in [0.2, 0.25) is 0 Å². The second-order valence-corrected chi connectivity index (χ2v) is 13.6. The Hall–Kier alpha value is -4.10. The summed E-state index contributed by atoms with van der Waals surface area (Å²) in [5.41, 5.74) is 1.40. The van der Waals surface area contributed by atoms with E-state index in [0.29, 0.717) is 24.8 Å². The molecule has 2 aromatic carbocycles. The summed E-state index contributed by atoms with van der Waals surface area (Å²) in [4.78, 5) is 31.6. The number of carbonyl (C=O) groups excluding carboxylic acids is 2. The van der Waals surface area contributed by atoms with E-state index in [1.54, 1.807) is 36.4 Å². The fourth-order valence-electron chi connectivity index (χ4n) is 5.78. The zero-order valence-electron chi connectivity index (χ0n) is 24.7. The molecule has 2 heterocycles. The van der Waals surface area contributed by atoms with Crippen LogP contribution in [0.1, 0.15) is 69.6 Å². The molecule has 3 aromatic rings. The van der Waals surface area contributed by atoms with Crippen LogP contribution in [0.3, 0.4) is 0 Å². The van der Waals surface area contributed by atoms with Crippen LogP contribution < -0.4 is 4.72 Å². The van der Waals surface area contributed by atoms with Gasteiger partial charge in [0.25, 0.3) is 10.0 Å². The number of Topliss-reactive ketones (excluding diaryl/α,β-unsaturated/α-hetero) is 1. The van der Waals surface area contributed by atoms with Gasteiger partial charge in [0.2, 0.25) is 0 Å². The van der Waals surface area contributed by atoms with Gasteiger partial charge in [0.05, 0.1) is 11.5 Å². The van der Waals surface area contributed by atoms with Gasteiger partial charge in [-0.1, -0.05) is 58.4 Å². The number of aryl methyl sites for hydroxylation is 1. The average molecular weight is 606 g/mol. The molecule has 1 aliphatic rings. The standard InChI is InChI=1S/C33H36FN3O5S/c1-5-7-27-26(16-12-21-10-14-24(34)15-11-21)31(38)29(32(39)42-27)30(33(2,3)4)23-8-6-9-25(18-23)37-43(40,41)28-17-13-22(19-35)20-36-28/h6,8-11,13-15,17-18,20,26-27,29-30,37H,5,7,12,16H2,1-4H3/t26?,27-,29?,30+/m0/s1. The van der Waals surface area contributed by atoms with Gasteiger partial charge in [-0.2, -0.15) is 13.7 Å². The Balaban J connectivity index is 1.65. The molecule has 0 spiro atoms. The number of ketones is 1. The normalized spacial score (nSPS) is 19.8. The van der Waals surface area contributed by atoms with Crippen LogP contribution in [0.25, 0.3) is 0 Å². The van der Waals surface area contributed by atoms with Crippen molar-refractivity contribution in [1.29, 1.82) is 5.26 Å². The Labute approximate surface area is 252 Å². The van der Waals surface area contributed by atoms with Crippen LogP contribution in [0.4, 0.5) is 10.1 Å². The van der Waals surface area contributed by atoms with Crippen molar-refractivity contribution in [3.63, 3.8) is 0 Å². The van der Waals surface area contributed by atoms with E-state index in [2.05, 4.69) is 9.71 Å². The van der Waals surface area contributed by atoms with E-state index in [0.717, 1.165) is 12.0 Å². The maximum atomic E-state index is 14.2. The molecular weight excluding hydrogens is 569 g/mol. The van der Waals surface area contributed by atoms with Gasteiger partial charge in [-0.05, 0) is 72.2 Å². The number of esters is 1. The van der Waals surface area contributed by atoms with Gasteiger partial charge in [-0.25, -0.2) is 9.37 Å². The highest BCUT2D eigenvalue weighted by Crippen LogP contribution is 2.46. The third-order valence-electron chi connectivity index (χ3n) is 7.78. The maximum absolute atomic E-state index is 14.2. The number of rotatable bonds is 10. The fraction of sp³-hybridized carbons (Fsp3) is 0.394. The summed E-state index contributed by atoms with van der Waals surface area (Å²) >= 11 is 0. The molecule has 10 heteroatoms. The summed E-state index contributed by atoms with van der Waals surface area (Å²) in [6.07, 6.45) is 2.91. The number of nitriles is 1. The zero-order valence-corrected chi connectivity index (χ0v) is 25.5. The van der Waals surface area contributed by atoms with E-state index in [1.807, 2.05) is 33.8 Å². The molecule has 8 nitrogen and oxygen atoms in total. The lowest BCUT2D eigenvalue weighted by Gasteiger charge is -2.42. The fourth-order valence-corrected chi connectivity index (χ4v) is 6.76. The number of pyridine rings is 1. The van der Waals surface area contributed by atoms with Crippen LogP contribution in [-0.4, -0.2) is 31.3 Å². The first-order valence-electron chi connectivity index (χ1n) is 14.3. The van der Waals surface area contributed by atoms with E-state index in [9.17, 15) is 22.4 Å². The molecule has 1 fully saturated rings. The number of sulfonamides is 1. The van der Waals surface area contributed by atoms with Crippen molar-refractivity contribution in [3.05, 3.63) is 89.4 Å². The minimum Gasteiger partial charge on any atom is -0.461 e. The first-order chi connectivity index (χ1) is 20.3. The van der Waals surface area contributed by atoms with Crippen molar-refractivity contribution in [2.45, 2.75) is 70.4 Å². The van der Waals surface area contributed by atoms with E-state index in [4.69, 9.17) is 10.00 Å². The van der Waals surface area contributed by atoms with Crippen molar-refractivity contribution in [2.75, 3.05) is 4.72 Å². The molecule has 1 saturated heterocycles. The molecule has 0 radical (unpaired) electrons. The molecule has 4 atom stereocenters. The monoisotopic (exact) mass is 605 g/mol. The van der Waals surface area contributed by atoms with Crippen LogP contribution in [0.15, 0.2) is 71.9 Å². The number of nitrogens with zero attached hydrogens (tertiary/aromatic N) is 2. The van der Waals surface area contributed by atoms with Gasteiger partial charge in [0.15, 0.2) is 10.8 Å². The van der Waals surface area contributed by atoms with E-state index in [-0.39, 0.29) is 27.9 Å². The topological polar surface area (TPSA) is 126 Å². The Morgan fingerprint density at radius 1 is 1.07 bits per heavy atom. The number of hydrogen-bond donors (Lipinski definition) is 1. The number of benzene rings is 2. The summed E-state index contributed by atoms with van der Waals surface area (Å²) in [6, 6.07) is 17.3. The van der Waals surface area contributed by atoms with Gasteiger partial charge in [-0.3, -0.25) is 14.3 Å². The van der Waals surface area contributed by atoms with Gasteiger partial charge >= 0.3 is 5.97 Å². The highest BCUT2D eigenvalue weighted by Gasteiger charge is 2.51. The second kappa shape index (κ2) is 13.0. The number of hydrogen-bond acceptors (Lipinski definition) is 7. The van der Waals surface area contributed by atoms with Crippen molar-refractivity contribution in [1.82, 2.24) is 4.98 Å². The Morgan fingerprint density at radius 3 is 2.40 bits per heavy atom.